The smallest absolute Gasteiger partial charge is 0.309 e. The van der Waals surface area contributed by atoms with E-state index in [-0.39, 0.29) is 0 Å². The third kappa shape index (κ3) is 2.66. The first kappa shape index (κ1) is 14.1. The van der Waals surface area contributed by atoms with Crippen LogP contribution >= 0.6 is 0 Å². The van der Waals surface area contributed by atoms with Gasteiger partial charge in [-0.2, -0.15) is 5.10 Å². The Morgan fingerprint density at radius 1 is 1.47 bits per heavy atom. The average molecular weight is 265 g/mol. The lowest BCUT2D eigenvalue weighted by atomic mass is 9.80. The van der Waals surface area contributed by atoms with Gasteiger partial charge in [-0.3, -0.25) is 14.4 Å². The number of hydrogen-bond donors (Lipinski definition) is 1. The lowest BCUT2D eigenvalue weighted by Crippen LogP contribution is -2.43. The number of likely N-dealkylation sites (tertiary alicyclic amines) is 1. The van der Waals surface area contributed by atoms with Crippen molar-refractivity contribution in [1.29, 1.82) is 0 Å². The Kier molecular flexibility index (Phi) is 3.67. The molecule has 1 aliphatic rings. The number of carbonyl (C=O) groups is 1. The Morgan fingerprint density at radius 2 is 2.05 bits per heavy atom. The minimum Gasteiger partial charge on any atom is -0.481 e. The summed E-state index contributed by atoms with van der Waals surface area (Å²) in [6.45, 7) is 7.72. The summed E-state index contributed by atoms with van der Waals surface area (Å²) in [6.07, 6.45) is 3.49. The molecule has 5 nitrogen and oxygen atoms in total. The molecular formula is C14H23N3O2. The minimum atomic E-state index is -0.669. The van der Waals surface area contributed by atoms with E-state index in [1.165, 1.54) is 5.56 Å². The van der Waals surface area contributed by atoms with Gasteiger partial charge in [0.1, 0.15) is 0 Å². The predicted molar refractivity (Wildman–Crippen MR) is 72.9 cm³/mol. The van der Waals surface area contributed by atoms with E-state index >= 15 is 0 Å². The van der Waals surface area contributed by atoms with Crippen LogP contribution in [0.5, 0.6) is 0 Å². The quantitative estimate of drug-likeness (QED) is 0.908. The summed E-state index contributed by atoms with van der Waals surface area (Å²) in [4.78, 5) is 13.6. The second-order valence-corrected chi connectivity index (χ2v) is 5.92. The van der Waals surface area contributed by atoms with Gasteiger partial charge in [0.05, 0.1) is 11.1 Å². The maximum absolute atomic E-state index is 11.2. The highest BCUT2D eigenvalue weighted by Gasteiger charge is 2.38. The summed E-state index contributed by atoms with van der Waals surface area (Å²) in [6, 6.07) is 0.298. The zero-order valence-corrected chi connectivity index (χ0v) is 12.2. The van der Waals surface area contributed by atoms with Crippen molar-refractivity contribution in [2.45, 2.75) is 39.7 Å². The predicted octanol–water partition coefficient (Wildman–Crippen LogP) is 1.98. The van der Waals surface area contributed by atoms with Crippen molar-refractivity contribution in [3.8, 4) is 0 Å². The van der Waals surface area contributed by atoms with Crippen LogP contribution in [0.25, 0.3) is 0 Å². The zero-order chi connectivity index (χ0) is 14.2. The highest BCUT2D eigenvalue weighted by Crippen LogP contribution is 2.35. The topological polar surface area (TPSA) is 58.4 Å². The number of rotatable bonds is 3. The lowest BCUT2D eigenvalue weighted by Gasteiger charge is -2.39. The van der Waals surface area contributed by atoms with Gasteiger partial charge >= 0.3 is 5.97 Å². The highest BCUT2D eigenvalue weighted by atomic mass is 16.4. The van der Waals surface area contributed by atoms with Gasteiger partial charge in [0, 0.05) is 24.8 Å². The van der Waals surface area contributed by atoms with Crippen LogP contribution in [-0.2, 0) is 11.8 Å². The van der Waals surface area contributed by atoms with Crippen LogP contribution in [0.4, 0.5) is 0 Å². The van der Waals surface area contributed by atoms with E-state index in [4.69, 9.17) is 0 Å². The summed E-state index contributed by atoms with van der Waals surface area (Å²) in [7, 11) is 1.93. The fraction of sp³-hybridized carbons (Fsp3) is 0.714. The second kappa shape index (κ2) is 4.96. The summed E-state index contributed by atoms with van der Waals surface area (Å²) < 4.78 is 1.84. The van der Waals surface area contributed by atoms with Crippen molar-refractivity contribution in [3.05, 3.63) is 17.5 Å². The molecule has 0 bridgehead atoms. The van der Waals surface area contributed by atoms with Gasteiger partial charge in [-0.05, 0) is 46.7 Å². The maximum atomic E-state index is 11.2. The first-order chi connectivity index (χ1) is 8.83. The number of aryl methyl sites for hydroxylation is 2. The van der Waals surface area contributed by atoms with E-state index < -0.39 is 11.4 Å². The molecule has 19 heavy (non-hydrogen) atoms. The van der Waals surface area contributed by atoms with Crippen LogP contribution in [0.3, 0.4) is 0 Å². The van der Waals surface area contributed by atoms with Crippen LogP contribution in [-0.4, -0.2) is 38.8 Å². The van der Waals surface area contributed by atoms with Gasteiger partial charge in [0.15, 0.2) is 0 Å². The molecule has 1 saturated heterocycles. The van der Waals surface area contributed by atoms with E-state index in [9.17, 15) is 9.90 Å². The third-order valence-electron chi connectivity index (χ3n) is 4.47. The molecular weight excluding hydrogens is 242 g/mol. The number of carboxylic acids is 1. The molecule has 0 radical (unpaired) electrons. The number of aliphatic carboxylic acids is 1. The molecule has 1 aliphatic heterocycles. The maximum Gasteiger partial charge on any atom is 0.309 e. The molecule has 1 aromatic heterocycles. The van der Waals surface area contributed by atoms with Gasteiger partial charge in [-0.25, -0.2) is 0 Å². The SMILES string of the molecule is Cc1nn(C)cc1C(C)N1CCC(C)(C(=O)O)CC1. The second-order valence-electron chi connectivity index (χ2n) is 5.92. The number of carboxylic acid groups (broad SMARTS) is 1. The van der Waals surface area contributed by atoms with E-state index in [1.54, 1.807) is 0 Å². The summed E-state index contributed by atoms with van der Waals surface area (Å²) in [5, 5.41) is 13.6. The molecule has 1 fully saturated rings. The summed E-state index contributed by atoms with van der Waals surface area (Å²) >= 11 is 0. The fourth-order valence-electron chi connectivity index (χ4n) is 2.84. The van der Waals surface area contributed by atoms with Gasteiger partial charge in [-0.1, -0.05) is 0 Å². The first-order valence-electron chi connectivity index (χ1n) is 6.81. The molecule has 5 heteroatoms. The van der Waals surface area contributed by atoms with Crippen molar-refractivity contribution in [3.63, 3.8) is 0 Å². The van der Waals surface area contributed by atoms with E-state index in [2.05, 4.69) is 23.1 Å². The van der Waals surface area contributed by atoms with Crippen molar-refractivity contribution >= 4 is 5.97 Å². The largest absolute Gasteiger partial charge is 0.481 e. The van der Waals surface area contributed by atoms with Crippen LogP contribution in [0, 0.1) is 12.3 Å². The monoisotopic (exact) mass is 265 g/mol. The molecule has 0 aromatic carbocycles. The van der Waals surface area contributed by atoms with Gasteiger partial charge in [0.2, 0.25) is 0 Å². The normalized spacial score (nSPS) is 21.3. The van der Waals surface area contributed by atoms with Crippen molar-refractivity contribution < 1.29 is 9.90 Å². The molecule has 1 unspecified atom stereocenters. The Labute approximate surface area is 114 Å². The molecule has 0 saturated carbocycles. The molecule has 106 valence electrons. The molecule has 1 N–H and O–H groups in total. The van der Waals surface area contributed by atoms with Crippen LogP contribution < -0.4 is 0 Å². The standard InChI is InChI=1S/C14H23N3O2/c1-10-12(9-16(4)15-10)11(2)17-7-5-14(3,6-8-17)13(18)19/h9,11H,5-8H2,1-4H3,(H,18,19). The first-order valence-corrected chi connectivity index (χ1v) is 6.81. The molecule has 0 spiro atoms. The molecule has 2 rings (SSSR count). The van der Waals surface area contributed by atoms with Crippen LogP contribution in [0.2, 0.25) is 0 Å². The molecule has 1 aromatic rings. The Morgan fingerprint density at radius 3 is 2.47 bits per heavy atom. The van der Waals surface area contributed by atoms with E-state index in [0.717, 1.165) is 18.8 Å². The van der Waals surface area contributed by atoms with Crippen molar-refractivity contribution in [2.24, 2.45) is 12.5 Å². The third-order valence-corrected chi connectivity index (χ3v) is 4.47. The fourth-order valence-corrected chi connectivity index (χ4v) is 2.84. The molecule has 1 atom stereocenters. The van der Waals surface area contributed by atoms with E-state index in [0.29, 0.717) is 18.9 Å². The Balaban J connectivity index is 2.06. The van der Waals surface area contributed by atoms with Crippen molar-refractivity contribution in [2.75, 3.05) is 13.1 Å². The van der Waals surface area contributed by atoms with Gasteiger partial charge in [-0.15, -0.1) is 0 Å². The molecule has 2 heterocycles. The molecule has 0 amide bonds. The van der Waals surface area contributed by atoms with Gasteiger partial charge < -0.3 is 5.11 Å². The van der Waals surface area contributed by atoms with E-state index in [1.807, 2.05) is 25.6 Å². The number of hydrogen-bond acceptors (Lipinski definition) is 3. The molecule has 0 aliphatic carbocycles. The van der Waals surface area contributed by atoms with Crippen LogP contribution in [0.1, 0.15) is 44.0 Å². The highest BCUT2D eigenvalue weighted by molar-refractivity contribution is 5.74. The van der Waals surface area contributed by atoms with Crippen molar-refractivity contribution in [1.82, 2.24) is 14.7 Å². The summed E-state index contributed by atoms with van der Waals surface area (Å²) in [5.74, 6) is -0.669. The Hall–Kier alpha value is -1.36. The van der Waals surface area contributed by atoms with Crippen LogP contribution in [0.15, 0.2) is 6.20 Å². The Bertz CT molecular complexity index is 473. The lowest BCUT2D eigenvalue weighted by molar-refractivity contribution is -0.151. The summed E-state index contributed by atoms with van der Waals surface area (Å²) in [5.41, 5.74) is 1.74. The number of piperidine rings is 1. The number of nitrogens with zero attached hydrogens (tertiary/aromatic N) is 3. The van der Waals surface area contributed by atoms with Gasteiger partial charge in [0.25, 0.3) is 0 Å². The average Bonchev–Trinajstić information content (AvgIpc) is 2.68. The zero-order valence-electron chi connectivity index (χ0n) is 12.2. The minimum absolute atomic E-state index is 0.298. The number of aromatic nitrogens is 2.